The molecule has 0 aliphatic rings. The minimum absolute atomic E-state index is 0. The van der Waals surface area contributed by atoms with Crippen LogP contribution in [0.25, 0.3) is 0 Å². The summed E-state index contributed by atoms with van der Waals surface area (Å²) in [6.07, 6.45) is 16.0. The van der Waals surface area contributed by atoms with Gasteiger partial charge in [0.05, 0.1) is 0 Å². The van der Waals surface area contributed by atoms with Crippen molar-refractivity contribution in [3.8, 4) is 25.7 Å². The van der Waals surface area contributed by atoms with E-state index >= 15 is 0 Å². The van der Waals surface area contributed by atoms with Crippen molar-refractivity contribution < 1.29 is 1.43 Å². The van der Waals surface area contributed by atoms with Gasteiger partial charge in [0.25, 0.3) is 0 Å². The second-order valence-electron chi connectivity index (χ2n) is 0. The quantitative estimate of drug-likeness (QED) is 0.357. The van der Waals surface area contributed by atoms with Crippen LogP contribution in [0.1, 0.15) is 38.6 Å². The van der Waals surface area contributed by atoms with Crippen molar-refractivity contribution in [2.45, 2.75) is 37.1 Å². The first-order valence-corrected chi connectivity index (χ1v) is 1.17. The fourth-order valence-electron chi connectivity index (χ4n) is 0. The van der Waals surface area contributed by atoms with Gasteiger partial charge in [0.2, 0.25) is 0 Å². The topological polar surface area (TPSA) is 0 Å². The molecule has 0 bridgehead atoms. The lowest BCUT2D eigenvalue weighted by Crippen LogP contribution is -0.576. The van der Waals surface area contributed by atoms with Crippen molar-refractivity contribution in [3.63, 3.8) is 0 Å². The summed E-state index contributed by atoms with van der Waals surface area (Å²) in [6, 6.07) is 0. The molecule has 0 aromatic heterocycles. The second-order valence-corrected chi connectivity index (χ2v) is 0. The molecule has 0 aliphatic carbocycles. The number of terminal acetylenes is 2. The molecule has 0 aromatic rings. The van der Waals surface area contributed by atoms with Crippen LogP contribution in [-0.2, 0) is 0 Å². The zero-order chi connectivity index (χ0) is 6.00. The van der Waals surface area contributed by atoms with E-state index < -0.39 is 0 Å². The molecule has 0 saturated carbocycles. The highest BCUT2D eigenvalue weighted by molar-refractivity contribution is 4.47. The molecule has 0 aromatic carbocycles. The van der Waals surface area contributed by atoms with Crippen molar-refractivity contribution >= 4 is 0 Å². The largest absolute Gasteiger partial charge is 0.124 e. The Morgan fingerprint density at radius 2 is 0.545 bits per heavy atom. The second kappa shape index (κ2) is 421. The molecule has 0 heteroatoms. The molecule has 0 amide bonds. The van der Waals surface area contributed by atoms with Gasteiger partial charge in [-0.1, -0.05) is 37.1 Å². The van der Waals surface area contributed by atoms with Crippen molar-refractivity contribution in [2.24, 2.45) is 0 Å². The van der Waals surface area contributed by atoms with Crippen molar-refractivity contribution in [3.05, 3.63) is 13.2 Å². The van der Waals surface area contributed by atoms with Gasteiger partial charge in [-0.15, -0.1) is 38.9 Å². The smallest absolute Gasteiger partial charge is 0 e. The average Bonchev–Trinajstić information content (AvgIpc) is 1.81. The minimum atomic E-state index is 0. The third-order valence-corrected chi connectivity index (χ3v) is 0. The molecule has 0 heterocycles. The molecular weight excluding hydrogens is 132 g/mol. The van der Waals surface area contributed by atoms with Gasteiger partial charge < -0.3 is 0 Å². The van der Waals surface area contributed by atoms with E-state index in [0.717, 1.165) is 0 Å². The number of hydrogen-bond acceptors (Lipinski definition) is 0. The standard InChI is InChI=1S/C2H4.2C2H2.5CH4.H2/c3*1-2;;;;;;/h1-2H2;2*1-2H;5*1H4;1H. The Labute approximate surface area is 78.2 Å². The number of hydrogen-bond donors (Lipinski definition) is 0. The third kappa shape index (κ3) is 321. The van der Waals surface area contributed by atoms with Crippen LogP contribution < -0.4 is 0 Å². The predicted octanol–water partition coefficient (Wildman–Crippen LogP) is 4.73. The van der Waals surface area contributed by atoms with Crippen LogP contribution in [0.5, 0.6) is 0 Å². The third-order valence-electron chi connectivity index (χ3n) is 0. The molecule has 11 heavy (non-hydrogen) atoms. The highest BCUT2D eigenvalue weighted by Crippen LogP contribution is 0.862. The summed E-state index contributed by atoms with van der Waals surface area (Å²) in [7, 11) is 0. The Kier molecular flexibility index (Phi) is 8570. The van der Waals surface area contributed by atoms with E-state index in [1.807, 2.05) is 0 Å². The van der Waals surface area contributed by atoms with Gasteiger partial charge in [-0.05, 0) is 0 Å². The van der Waals surface area contributed by atoms with Gasteiger partial charge >= 0.3 is 0 Å². The van der Waals surface area contributed by atoms with E-state index in [2.05, 4.69) is 38.9 Å². The molecule has 0 saturated heterocycles. The van der Waals surface area contributed by atoms with Crippen LogP contribution in [-0.4, -0.2) is 0 Å². The highest BCUT2D eigenvalue weighted by atomic mass is 12.7. The average molecular weight is 162 g/mol. The van der Waals surface area contributed by atoms with Crippen LogP contribution in [0.4, 0.5) is 0 Å². The van der Waals surface area contributed by atoms with Crippen LogP contribution >= 0.6 is 0 Å². The van der Waals surface area contributed by atoms with E-state index in [1.165, 1.54) is 0 Å². The molecule has 0 unspecified atom stereocenters. The zero-order valence-corrected chi connectivity index (χ0v) is 3.72. The SMILES string of the molecule is C.C.C.C.C.C#C.C#C.C=C.[HH]. The Hall–Kier alpha value is -1.14. The van der Waals surface area contributed by atoms with Crippen LogP contribution in [0, 0.1) is 25.7 Å². The Bertz CT molecular complexity index is 28.8. The van der Waals surface area contributed by atoms with E-state index in [0.29, 0.717) is 0 Å². The Morgan fingerprint density at radius 1 is 0.545 bits per heavy atom. The van der Waals surface area contributed by atoms with E-state index in [9.17, 15) is 0 Å². The summed E-state index contributed by atoms with van der Waals surface area (Å²) < 4.78 is 0. The fraction of sp³-hybridized carbons (Fsp3) is 0.455. The summed E-state index contributed by atoms with van der Waals surface area (Å²) in [4.78, 5) is 0. The zero-order valence-electron chi connectivity index (χ0n) is 3.72. The van der Waals surface area contributed by atoms with Gasteiger partial charge in [0.1, 0.15) is 0 Å². The molecule has 0 N–H and O–H groups in total. The van der Waals surface area contributed by atoms with E-state index in [1.54, 1.807) is 0 Å². The van der Waals surface area contributed by atoms with Crippen molar-refractivity contribution in [1.82, 2.24) is 0 Å². The lowest BCUT2D eigenvalue weighted by Gasteiger charge is -0.813. The van der Waals surface area contributed by atoms with Gasteiger partial charge in [-0.25, -0.2) is 0 Å². The molecule has 0 atom stereocenters. The molecule has 74 valence electrons. The molecule has 0 nitrogen and oxygen atoms in total. The monoisotopic (exact) mass is 162 g/mol. The van der Waals surface area contributed by atoms with Crippen LogP contribution in [0.2, 0.25) is 0 Å². The summed E-state index contributed by atoms with van der Waals surface area (Å²) in [5.41, 5.74) is 0. The lowest BCUT2D eigenvalue weighted by molar-refractivity contribution is 2.50. The summed E-state index contributed by atoms with van der Waals surface area (Å²) >= 11 is 0. The maximum atomic E-state index is 4.00. The molecular formula is C11H30. The minimum Gasteiger partial charge on any atom is -0.124 e. The van der Waals surface area contributed by atoms with Gasteiger partial charge in [0, 0.05) is 1.43 Å². The van der Waals surface area contributed by atoms with Gasteiger partial charge in [0.15, 0.2) is 0 Å². The summed E-state index contributed by atoms with van der Waals surface area (Å²) in [6.45, 7) is 6.00. The fourth-order valence-corrected chi connectivity index (χ4v) is 0. The first kappa shape index (κ1) is 224. The summed E-state index contributed by atoms with van der Waals surface area (Å²) in [5, 5.41) is 0. The van der Waals surface area contributed by atoms with E-state index in [4.69, 9.17) is 0 Å². The van der Waals surface area contributed by atoms with E-state index in [-0.39, 0.29) is 38.6 Å². The lowest BCUT2D eigenvalue weighted by atomic mass is 11.3. The summed E-state index contributed by atoms with van der Waals surface area (Å²) in [5.74, 6) is 0. The predicted molar refractivity (Wildman–Crippen MR) is 66.8 cm³/mol. The van der Waals surface area contributed by atoms with Crippen LogP contribution in [0.3, 0.4) is 0 Å². The highest BCUT2D eigenvalue weighted by Gasteiger charge is 0.601. The number of rotatable bonds is 0. The van der Waals surface area contributed by atoms with Gasteiger partial charge in [-0.3, -0.25) is 0 Å². The first-order chi connectivity index (χ1) is 3.00. The maximum Gasteiger partial charge on any atom is 0 e. The molecule has 0 radical (unpaired) electrons. The van der Waals surface area contributed by atoms with Crippen LogP contribution in [0.15, 0.2) is 13.2 Å². The molecule has 0 spiro atoms. The normalized spacial score (nSPS) is 0.727. The molecule has 0 aliphatic heterocycles. The Morgan fingerprint density at radius 3 is 0.545 bits per heavy atom. The maximum absolute atomic E-state index is 4.00. The molecule has 0 fully saturated rings. The molecule has 0 rings (SSSR count). The van der Waals surface area contributed by atoms with Gasteiger partial charge in [-0.2, -0.15) is 0 Å². The van der Waals surface area contributed by atoms with Crippen molar-refractivity contribution in [2.75, 3.05) is 0 Å². The first-order valence-electron chi connectivity index (χ1n) is 1.17. The van der Waals surface area contributed by atoms with Crippen molar-refractivity contribution in [1.29, 1.82) is 0 Å². The Balaban J connectivity index is -0.00000000129.